The first-order valence-electron chi connectivity index (χ1n) is 5.92. The molecule has 0 radical (unpaired) electrons. The zero-order valence-electron chi connectivity index (χ0n) is 10.7. The highest BCUT2D eigenvalue weighted by Gasteiger charge is 2.37. The van der Waals surface area contributed by atoms with Crippen LogP contribution in [0.5, 0.6) is 0 Å². The molecule has 1 saturated heterocycles. The van der Waals surface area contributed by atoms with Gasteiger partial charge in [0.2, 0.25) is 0 Å². The van der Waals surface area contributed by atoms with Gasteiger partial charge in [-0.15, -0.1) is 0 Å². The Bertz CT molecular complexity index is 639. The monoisotopic (exact) mass is 337 g/mol. The van der Waals surface area contributed by atoms with E-state index >= 15 is 0 Å². The third-order valence-corrected chi connectivity index (χ3v) is 4.83. The summed E-state index contributed by atoms with van der Waals surface area (Å²) in [4.78, 5) is 12.0. The lowest BCUT2D eigenvalue weighted by Crippen LogP contribution is -2.39. The van der Waals surface area contributed by atoms with Crippen LogP contribution in [0.2, 0.25) is 5.02 Å². The molecule has 1 amide bonds. The van der Waals surface area contributed by atoms with Crippen LogP contribution < -0.4 is 5.32 Å². The van der Waals surface area contributed by atoms with Crippen LogP contribution in [0, 0.1) is 0 Å². The average molecular weight is 338 g/mol. The zero-order chi connectivity index (χ0) is 15.0. The summed E-state index contributed by atoms with van der Waals surface area (Å²) in [6.45, 7) is 2.25. The molecular formula is C12H13Cl2NO4S. The van der Waals surface area contributed by atoms with Crippen LogP contribution in [0.3, 0.4) is 0 Å². The number of anilines is 1. The van der Waals surface area contributed by atoms with E-state index in [-0.39, 0.29) is 15.8 Å². The number of carbonyl (C=O) groups excluding carboxylic acids is 1. The molecule has 0 aromatic heterocycles. The van der Waals surface area contributed by atoms with Gasteiger partial charge in [-0.05, 0) is 38.0 Å². The second-order valence-electron chi connectivity index (χ2n) is 4.72. The van der Waals surface area contributed by atoms with Crippen molar-refractivity contribution in [3.8, 4) is 0 Å². The summed E-state index contributed by atoms with van der Waals surface area (Å²) in [5.74, 6) is -0.307. The predicted molar refractivity (Wildman–Crippen MR) is 76.7 cm³/mol. The van der Waals surface area contributed by atoms with Gasteiger partial charge in [-0.1, -0.05) is 11.6 Å². The molecule has 1 aromatic rings. The molecular weight excluding hydrogens is 325 g/mol. The largest absolute Gasteiger partial charge is 0.365 e. The van der Waals surface area contributed by atoms with Crippen LogP contribution in [0.25, 0.3) is 0 Å². The number of carbonyl (C=O) groups is 1. The van der Waals surface area contributed by atoms with Crippen LogP contribution in [0.1, 0.15) is 19.8 Å². The maximum atomic E-state index is 12.1. The van der Waals surface area contributed by atoms with E-state index in [0.717, 1.165) is 6.42 Å². The molecule has 1 N–H and O–H groups in total. The van der Waals surface area contributed by atoms with Crippen LogP contribution in [-0.2, 0) is 18.6 Å². The van der Waals surface area contributed by atoms with Gasteiger partial charge in [0.15, 0.2) is 0 Å². The lowest BCUT2D eigenvalue weighted by Gasteiger charge is -2.22. The number of amides is 1. The van der Waals surface area contributed by atoms with E-state index < -0.39 is 14.7 Å². The highest BCUT2D eigenvalue weighted by molar-refractivity contribution is 8.13. The van der Waals surface area contributed by atoms with E-state index in [2.05, 4.69) is 5.32 Å². The molecule has 20 heavy (non-hydrogen) atoms. The Morgan fingerprint density at radius 3 is 2.65 bits per heavy atom. The van der Waals surface area contributed by atoms with E-state index in [1.54, 1.807) is 6.92 Å². The Labute approximate surface area is 126 Å². The van der Waals surface area contributed by atoms with Gasteiger partial charge in [-0.25, -0.2) is 8.42 Å². The molecule has 0 saturated carbocycles. The quantitative estimate of drug-likeness (QED) is 0.860. The Balaban J connectivity index is 2.20. The van der Waals surface area contributed by atoms with Crippen molar-refractivity contribution >= 4 is 42.9 Å². The summed E-state index contributed by atoms with van der Waals surface area (Å²) in [5, 5.41) is 2.74. The molecule has 0 spiro atoms. The second-order valence-corrected chi connectivity index (χ2v) is 7.69. The summed E-state index contributed by atoms with van der Waals surface area (Å²) < 4.78 is 27.8. The molecule has 1 heterocycles. The molecule has 0 bridgehead atoms. The summed E-state index contributed by atoms with van der Waals surface area (Å²) in [7, 11) is 1.37. The Hall–Kier alpha value is -0.820. The fraction of sp³-hybridized carbons (Fsp3) is 0.417. The molecule has 1 aromatic carbocycles. The fourth-order valence-corrected chi connectivity index (χ4v) is 3.03. The van der Waals surface area contributed by atoms with Crippen molar-refractivity contribution in [1.29, 1.82) is 0 Å². The van der Waals surface area contributed by atoms with Crippen molar-refractivity contribution in [1.82, 2.24) is 0 Å². The Kier molecular flexibility index (Phi) is 4.30. The minimum Gasteiger partial charge on any atom is -0.365 e. The van der Waals surface area contributed by atoms with E-state index in [0.29, 0.717) is 18.7 Å². The van der Waals surface area contributed by atoms with Crippen LogP contribution in [0.4, 0.5) is 5.69 Å². The van der Waals surface area contributed by atoms with Crippen LogP contribution in [-0.4, -0.2) is 26.5 Å². The van der Waals surface area contributed by atoms with Gasteiger partial charge in [0.1, 0.15) is 5.60 Å². The number of hydrogen-bond donors (Lipinski definition) is 1. The third-order valence-electron chi connectivity index (χ3n) is 3.17. The molecule has 1 aliphatic rings. The second kappa shape index (κ2) is 5.52. The lowest BCUT2D eigenvalue weighted by molar-refractivity contribution is -0.133. The van der Waals surface area contributed by atoms with Gasteiger partial charge in [0, 0.05) is 17.3 Å². The van der Waals surface area contributed by atoms with E-state index in [1.165, 1.54) is 18.2 Å². The number of hydrogen-bond acceptors (Lipinski definition) is 4. The molecule has 8 heteroatoms. The first-order valence-corrected chi connectivity index (χ1v) is 8.61. The van der Waals surface area contributed by atoms with Gasteiger partial charge in [0.05, 0.1) is 15.6 Å². The fourth-order valence-electron chi connectivity index (χ4n) is 1.96. The molecule has 1 unspecified atom stereocenters. The van der Waals surface area contributed by atoms with Crippen LogP contribution >= 0.6 is 22.3 Å². The molecule has 5 nitrogen and oxygen atoms in total. The van der Waals surface area contributed by atoms with Crippen molar-refractivity contribution in [2.45, 2.75) is 30.3 Å². The van der Waals surface area contributed by atoms with Crippen molar-refractivity contribution in [3.05, 3.63) is 23.2 Å². The number of nitrogens with one attached hydrogen (secondary N) is 1. The SMILES string of the molecule is CC1(C(=O)Nc2ccc(S(=O)(=O)Cl)cc2Cl)CCCO1. The minimum atomic E-state index is -3.85. The molecule has 1 fully saturated rings. The summed E-state index contributed by atoms with van der Waals surface area (Å²) >= 11 is 5.95. The van der Waals surface area contributed by atoms with Gasteiger partial charge in [-0.3, -0.25) is 4.79 Å². The number of halogens is 2. The normalized spacial score (nSPS) is 22.8. The average Bonchev–Trinajstić information content (AvgIpc) is 2.78. The van der Waals surface area contributed by atoms with E-state index in [1.807, 2.05) is 0 Å². The topological polar surface area (TPSA) is 72.5 Å². The highest BCUT2D eigenvalue weighted by atomic mass is 35.7. The highest BCUT2D eigenvalue weighted by Crippen LogP contribution is 2.30. The molecule has 2 rings (SSSR count). The van der Waals surface area contributed by atoms with Gasteiger partial charge in [0.25, 0.3) is 15.0 Å². The third kappa shape index (κ3) is 3.25. The predicted octanol–water partition coefficient (Wildman–Crippen LogP) is 2.78. The smallest absolute Gasteiger partial charge is 0.261 e. The van der Waals surface area contributed by atoms with E-state index in [9.17, 15) is 13.2 Å². The Morgan fingerprint density at radius 2 is 2.15 bits per heavy atom. The van der Waals surface area contributed by atoms with Gasteiger partial charge >= 0.3 is 0 Å². The molecule has 1 aliphatic heterocycles. The zero-order valence-corrected chi connectivity index (χ0v) is 13.0. The minimum absolute atomic E-state index is 0.0988. The number of benzene rings is 1. The van der Waals surface area contributed by atoms with Crippen molar-refractivity contribution in [2.24, 2.45) is 0 Å². The maximum Gasteiger partial charge on any atom is 0.261 e. The maximum absolute atomic E-state index is 12.1. The first-order chi connectivity index (χ1) is 9.22. The van der Waals surface area contributed by atoms with Gasteiger partial charge in [-0.2, -0.15) is 0 Å². The molecule has 110 valence electrons. The van der Waals surface area contributed by atoms with Crippen molar-refractivity contribution < 1.29 is 17.9 Å². The lowest BCUT2D eigenvalue weighted by atomic mass is 10.0. The van der Waals surface area contributed by atoms with Gasteiger partial charge < -0.3 is 10.1 Å². The first kappa shape index (κ1) is 15.6. The Morgan fingerprint density at radius 1 is 1.45 bits per heavy atom. The summed E-state index contributed by atoms with van der Waals surface area (Å²) in [5.41, 5.74) is -0.557. The summed E-state index contributed by atoms with van der Waals surface area (Å²) in [6, 6.07) is 3.87. The molecule has 0 aliphatic carbocycles. The van der Waals surface area contributed by atoms with Crippen LogP contribution in [0.15, 0.2) is 23.1 Å². The number of rotatable bonds is 3. The standard InChI is InChI=1S/C12H13Cl2NO4S/c1-12(5-2-6-19-12)11(16)15-10-4-3-8(7-9(10)13)20(14,17)18/h3-4,7H,2,5-6H2,1H3,(H,15,16). The summed E-state index contributed by atoms with van der Waals surface area (Å²) in [6.07, 6.45) is 1.45. The van der Waals surface area contributed by atoms with E-state index in [4.69, 9.17) is 27.0 Å². The van der Waals surface area contributed by atoms with Crippen molar-refractivity contribution in [2.75, 3.05) is 11.9 Å². The number of ether oxygens (including phenoxy) is 1. The molecule has 1 atom stereocenters. The van der Waals surface area contributed by atoms with Crippen molar-refractivity contribution in [3.63, 3.8) is 0 Å².